The summed E-state index contributed by atoms with van der Waals surface area (Å²) in [6.07, 6.45) is 18.2. The lowest BCUT2D eigenvalue weighted by atomic mass is 10.1. The number of piperidine rings is 1. The van der Waals surface area contributed by atoms with Gasteiger partial charge in [0, 0.05) is 32.5 Å². The molecule has 0 spiro atoms. The summed E-state index contributed by atoms with van der Waals surface area (Å²) >= 11 is 0. The average Bonchev–Trinajstić information content (AvgIpc) is 3.72. The van der Waals surface area contributed by atoms with Crippen molar-refractivity contribution in [3.8, 4) is 0 Å². The lowest BCUT2D eigenvalue weighted by Crippen LogP contribution is -2.32. The van der Waals surface area contributed by atoms with E-state index in [2.05, 4.69) is 52.8 Å². The van der Waals surface area contributed by atoms with Gasteiger partial charge in [0.15, 0.2) is 0 Å². The smallest absolute Gasteiger partial charge is 0.0943 e. The van der Waals surface area contributed by atoms with Gasteiger partial charge in [0.2, 0.25) is 0 Å². The first-order valence-electron chi connectivity index (χ1n) is 18.7. The Morgan fingerprint density at radius 1 is 0.409 bits per heavy atom. The Labute approximate surface area is 280 Å². The molecule has 0 radical (unpaired) electrons. The Balaban J connectivity index is -0.000000135. The number of ether oxygens (including phenoxy) is 1. The van der Waals surface area contributed by atoms with Gasteiger partial charge in [0.1, 0.15) is 0 Å². The van der Waals surface area contributed by atoms with Crippen molar-refractivity contribution < 1.29 is 4.74 Å². The number of nitrogens with zero attached hydrogens (tertiary/aromatic N) is 6. The fourth-order valence-electron chi connectivity index (χ4n) is 4.14. The monoisotopic (exact) mass is 631 g/mol. The van der Waals surface area contributed by atoms with Crippen LogP contribution in [0.3, 0.4) is 0 Å². The average molecular weight is 631 g/mol. The first-order chi connectivity index (χ1) is 21.5. The van der Waals surface area contributed by atoms with Crippen LogP contribution in [0, 0.1) is 0 Å². The van der Waals surface area contributed by atoms with Gasteiger partial charge in [-0.1, -0.05) is 88.5 Å². The molecule has 0 N–H and O–H groups in total. The van der Waals surface area contributed by atoms with Crippen molar-refractivity contribution in [2.45, 2.75) is 127 Å². The molecule has 44 heavy (non-hydrogen) atoms. The molecule has 5 heterocycles. The van der Waals surface area contributed by atoms with Gasteiger partial charge >= 0.3 is 0 Å². The summed E-state index contributed by atoms with van der Waals surface area (Å²) in [5.74, 6) is 0. The maximum atomic E-state index is 5.10. The van der Waals surface area contributed by atoms with Crippen molar-refractivity contribution in [1.82, 2.24) is 29.2 Å². The summed E-state index contributed by atoms with van der Waals surface area (Å²) in [5.41, 5.74) is 0. The Hall–Kier alpha value is -0.990. The number of rotatable bonds is 0. The Morgan fingerprint density at radius 3 is 0.864 bits per heavy atom. The molecule has 7 nitrogen and oxygen atoms in total. The fourth-order valence-corrected chi connectivity index (χ4v) is 4.14. The number of imidazole rings is 1. The van der Waals surface area contributed by atoms with Crippen LogP contribution in [0.2, 0.25) is 0 Å². The van der Waals surface area contributed by atoms with E-state index in [1.807, 2.05) is 87.0 Å². The van der Waals surface area contributed by atoms with Crippen LogP contribution < -0.4 is 0 Å². The minimum Gasteiger partial charge on any atom is -0.379 e. The summed E-state index contributed by atoms with van der Waals surface area (Å²) in [4.78, 5) is 13.2. The molecule has 0 bridgehead atoms. The summed E-state index contributed by atoms with van der Waals surface area (Å²) in [6, 6.07) is 0. The second-order valence-corrected chi connectivity index (χ2v) is 10.2. The molecule has 4 saturated heterocycles. The molecule has 4 aliphatic rings. The summed E-state index contributed by atoms with van der Waals surface area (Å²) < 4.78 is 6.99. The number of aromatic nitrogens is 2. The van der Waals surface area contributed by atoms with Gasteiger partial charge in [-0.05, 0) is 106 Å². The number of aryl methyl sites for hydroxylation is 1. The second-order valence-electron chi connectivity index (χ2n) is 10.2. The van der Waals surface area contributed by atoms with Gasteiger partial charge in [-0.15, -0.1) is 0 Å². The van der Waals surface area contributed by atoms with Crippen molar-refractivity contribution in [2.24, 2.45) is 7.05 Å². The van der Waals surface area contributed by atoms with E-state index in [9.17, 15) is 0 Å². The highest BCUT2D eigenvalue weighted by molar-refractivity contribution is 4.70. The SMILES string of the molecule is CC.CC.CC.CC.CC.CN1CCCC1.CN1CCCCC1.CN1CCCCCC1.CN1CCOCC1.Cn1ccnc1. The van der Waals surface area contributed by atoms with Crippen molar-refractivity contribution in [3.05, 3.63) is 18.7 Å². The third-order valence-electron chi connectivity index (χ3n) is 6.61. The van der Waals surface area contributed by atoms with E-state index >= 15 is 0 Å². The molecule has 5 rings (SSSR count). The van der Waals surface area contributed by atoms with Gasteiger partial charge in [-0.25, -0.2) is 4.98 Å². The second kappa shape index (κ2) is 48.9. The molecule has 7 heteroatoms. The van der Waals surface area contributed by atoms with Crippen molar-refractivity contribution >= 4 is 0 Å². The molecule has 0 amide bonds. The van der Waals surface area contributed by atoms with Crippen molar-refractivity contribution in [3.63, 3.8) is 0 Å². The first-order valence-corrected chi connectivity index (χ1v) is 18.7. The van der Waals surface area contributed by atoms with Gasteiger partial charge in [0.25, 0.3) is 0 Å². The minimum absolute atomic E-state index is 0.913. The van der Waals surface area contributed by atoms with Gasteiger partial charge in [-0.2, -0.15) is 0 Å². The van der Waals surface area contributed by atoms with Crippen LogP contribution in [-0.4, -0.2) is 123 Å². The summed E-state index contributed by atoms with van der Waals surface area (Å²) in [6.45, 7) is 31.9. The molecular weight excluding hydrogens is 544 g/mol. The molecule has 1 aromatic heterocycles. The van der Waals surface area contributed by atoms with Crippen LogP contribution >= 0.6 is 0 Å². The Morgan fingerprint density at radius 2 is 0.682 bits per heavy atom. The molecule has 4 aliphatic heterocycles. The Bertz CT molecular complexity index is 502. The van der Waals surface area contributed by atoms with Gasteiger partial charge in [-0.3, -0.25) is 0 Å². The fraction of sp³-hybridized carbons (Fsp3) is 0.919. The molecular formula is C37H86N6O. The zero-order valence-electron chi connectivity index (χ0n) is 33.3. The van der Waals surface area contributed by atoms with Gasteiger partial charge < -0.3 is 28.9 Å². The maximum absolute atomic E-state index is 5.10. The highest BCUT2D eigenvalue weighted by Gasteiger charge is 2.04. The van der Waals surface area contributed by atoms with E-state index in [4.69, 9.17) is 4.74 Å². The zero-order chi connectivity index (χ0) is 34.9. The molecule has 1 aromatic rings. The van der Waals surface area contributed by atoms with Crippen LogP contribution in [-0.2, 0) is 11.8 Å². The predicted octanol–water partition coefficient (Wildman–Crippen LogP) is 8.81. The highest BCUT2D eigenvalue weighted by atomic mass is 16.5. The number of hydrogen-bond acceptors (Lipinski definition) is 6. The number of likely N-dealkylation sites (tertiary alicyclic amines) is 3. The van der Waals surface area contributed by atoms with Gasteiger partial charge in [0.05, 0.1) is 19.5 Å². The van der Waals surface area contributed by atoms with Crippen LogP contribution in [0.1, 0.15) is 127 Å². The lowest BCUT2D eigenvalue weighted by Gasteiger charge is -2.21. The number of hydrogen-bond donors (Lipinski definition) is 0. The topological polar surface area (TPSA) is 40.0 Å². The molecule has 0 aromatic carbocycles. The Kier molecular flexibility index (Phi) is 58.4. The third-order valence-corrected chi connectivity index (χ3v) is 6.61. The van der Waals surface area contributed by atoms with E-state index in [1.165, 1.54) is 97.1 Å². The van der Waals surface area contributed by atoms with Crippen LogP contribution in [0.4, 0.5) is 0 Å². The van der Waals surface area contributed by atoms with Crippen molar-refractivity contribution in [1.29, 1.82) is 0 Å². The zero-order valence-corrected chi connectivity index (χ0v) is 33.3. The van der Waals surface area contributed by atoms with Crippen LogP contribution in [0.15, 0.2) is 18.7 Å². The van der Waals surface area contributed by atoms with E-state index in [1.54, 1.807) is 12.5 Å². The summed E-state index contributed by atoms with van der Waals surface area (Å²) in [7, 11) is 10.6. The predicted molar refractivity (Wildman–Crippen MR) is 202 cm³/mol. The van der Waals surface area contributed by atoms with E-state index in [-0.39, 0.29) is 0 Å². The maximum Gasteiger partial charge on any atom is 0.0943 e. The minimum atomic E-state index is 0.913. The van der Waals surface area contributed by atoms with E-state index < -0.39 is 0 Å². The third kappa shape index (κ3) is 45.4. The number of likely N-dealkylation sites (N-methyl/N-ethyl adjacent to an activating group) is 1. The normalized spacial score (nSPS) is 18.0. The number of morpholine rings is 1. The summed E-state index contributed by atoms with van der Waals surface area (Å²) in [5, 5.41) is 0. The van der Waals surface area contributed by atoms with Crippen molar-refractivity contribution in [2.75, 3.05) is 93.8 Å². The molecule has 0 atom stereocenters. The quantitative estimate of drug-likeness (QED) is 0.285. The molecule has 0 aliphatic carbocycles. The molecule has 0 unspecified atom stereocenters. The molecule has 0 saturated carbocycles. The van der Waals surface area contributed by atoms with E-state index in [0.29, 0.717) is 0 Å². The largest absolute Gasteiger partial charge is 0.379 e. The molecule has 4 fully saturated rings. The highest BCUT2D eigenvalue weighted by Crippen LogP contribution is 2.07. The van der Waals surface area contributed by atoms with E-state index in [0.717, 1.165) is 26.3 Å². The standard InChI is InChI=1S/C7H15N.C6H13N.C5H11NO.C5H11N.C4H6N2.5C2H6/c1-8-6-4-2-3-5-7-8;1-7-5-3-2-4-6-7;1-6-2-4-7-5-3-6;1-6-4-2-3-5-6;1-6-3-2-5-4-6;5*1-2/h2-7H2,1H3;2-6H2,1H3;2-5H2,1H3;2-5H2,1H3;2-4H,1H3;5*1-2H3. The van der Waals surface area contributed by atoms with Crippen LogP contribution in [0.25, 0.3) is 0 Å². The van der Waals surface area contributed by atoms with Crippen LogP contribution in [0.5, 0.6) is 0 Å². The first kappa shape index (κ1) is 52.5. The lowest BCUT2D eigenvalue weighted by molar-refractivity contribution is 0.0503. The molecule has 270 valence electrons.